The summed E-state index contributed by atoms with van der Waals surface area (Å²) in [7, 11) is 0. The Morgan fingerprint density at radius 3 is 2.30 bits per heavy atom. The molecule has 0 amide bonds. The third-order valence-electron chi connectivity index (χ3n) is 3.48. The van der Waals surface area contributed by atoms with Crippen molar-refractivity contribution in [1.29, 1.82) is 0 Å². The number of ketones is 2. The molecule has 0 saturated carbocycles. The number of aliphatic hydroxyl groups excluding tert-OH is 1. The van der Waals surface area contributed by atoms with Gasteiger partial charge in [-0.3, -0.25) is 9.59 Å². The highest BCUT2D eigenvalue weighted by atomic mass is 16.4. The molecule has 1 aliphatic rings. The Kier molecular flexibility index (Phi) is 3.42. The Balaban J connectivity index is 2.06. The Bertz CT molecular complexity index is 882. The fourth-order valence-electron chi connectivity index (χ4n) is 2.36. The van der Waals surface area contributed by atoms with Crippen molar-refractivity contribution in [3.05, 3.63) is 70.9 Å². The second kappa shape index (κ2) is 5.42. The number of carbonyl (C=O) groups excluding carboxylic acids is 2. The summed E-state index contributed by atoms with van der Waals surface area (Å²) in [6, 6.07) is 12.0. The first-order chi connectivity index (χ1) is 11.0. The zero-order valence-corrected chi connectivity index (χ0v) is 11.7. The van der Waals surface area contributed by atoms with Crippen molar-refractivity contribution in [2.24, 2.45) is 0 Å². The Hall–Kier alpha value is -3.41. The number of allylic oxidation sites excluding steroid dienone is 1. The van der Waals surface area contributed by atoms with Crippen molar-refractivity contribution in [1.82, 2.24) is 0 Å². The van der Waals surface area contributed by atoms with Gasteiger partial charge in [-0.25, -0.2) is 4.79 Å². The molecule has 0 aliphatic heterocycles. The van der Waals surface area contributed by atoms with Gasteiger partial charge in [0.2, 0.25) is 5.78 Å². The highest BCUT2D eigenvalue weighted by molar-refractivity contribution is 6.52. The minimum Gasteiger partial charge on any atom is -0.505 e. The molecule has 3 rings (SSSR count). The van der Waals surface area contributed by atoms with E-state index in [1.165, 1.54) is 36.4 Å². The average molecular weight is 309 g/mol. The number of carboxylic acid groups (broad SMARTS) is 1. The number of hydrogen-bond donors (Lipinski definition) is 3. The van der Waals surface area contributed by atoms with Crippen molar-refractivity contribution in [3.8, 4) is 0 Å². The van der Waals surface area contributed by atoms with Crippen LogP contribution in [0.4, 0.5) is 5.69 Å². The lowest BCUT2D eigenvalue weighted by atomic mass is 9.91. The van der Waals surface area contributed by atoms with Gasteiger partial charge in [0.25, 0.3) is 5.78 Å². The van der Waals surface area contributed by atoms with E-state index in [1.807, 2.05) is 0 Å². The van der Waals surface area contributed by atoms with Crippen LogP contribution in [0.5, 0.6) is 0 Å². The van der Waals surface area contributed by atoms with Crippen LogP contribution in [0.1, 0.15) is 26.3 Å². The largest absolute Gasteiger partial charge is 0.505 e. The Morgan fingerprint density at radius 2 is 1.61 bits per heavy atom. The van der Waals surface area contributed by atoms with E-state index in [1.54, 1.807) is 12.1 Å². The standard InChI is InChI=1S/C17H11NO5/c19-14-11-6-1-2-7-12(11)15(20)16(21)13(14)18-10-5-3-4-9(8-10)17(22)23/h1-8,18-19H,(H,22,23). The number of aliphatic hydroxyl groups is 1. The zero-order chi connectivity index (χ0) is 16.6. The molecule has 0 aromatic heterocycles. The van der Waals surface area contributed by atoms with Crippen LogP contribution in [-0.4, -0.2) is 27.7 Å². The van der Waals surface area contributed by atoms with Crippen LogP contribution >= 0.6 is 0 Å². The van der Waals surface area contributed by atoms with Gasteiger partial charge in [-0.05, 0) is 18.2 Å². The number of nitrogens with one attached hydrogen (secondary N) is 1. The molecule has 0 bridgehead atoms. The molecule has 114 valence electrons. The third-order valence-corrected chi connectivity index (χ3v) is 3.48. The van der Waals surface area contributed by atoms with Gasteiger partial charge in [-0.1, -0.05) is 30.3 Å². The lowest BCUT2D eigenvalue weighted by Crippen LogP contribution is -2.27. The van der Waals surface area contributed by atoms with Gasteiger partial charge in [0.1, 0.15) is 5.70 Å². The fraction of sp³-hybridized carbons (Fsp3) is 0. The van der Waals surface area contributed by atoms with Crippen molar-refractivity contribution >= 4 is 29.0 Å². The van der Waals surface area contributed by atoms with E-state index >= 15 is 0 Å². The summed E-state index contributed by atoms with van der Waals surface area (Å²) >= 11 is 0. The van der Waals surface area contributed by atoms with Gasteiger partial charge in [0.15, 0.2) is 5.76 Å². The molecular formula is C17H11NO5. The molecule has 0 fully saturated rings. The number of carbonyl (C=O) groups is 3. The van der Waals surface area contributed by atoms with E-state index in [4.69, 9.17) is 5.11 Å². The zero-order valence-electron chi connectivity index (χ0n) is 11.7. The van der Waals surface area contributed by atoms with Crippen molar-refractivity contribution < 1.29 is 24.6 Å². The second-order valence-electron chi connectivity index (χ2n) is 4.94. The highest BCUT2D eigenvalue weighted by Gasteiger charge is 2.32. The molecule has 2 aromatic carbocycles. The number of fused-ring (bicyclic) bond motifs is 1. The van der Waals surface area contributed by atoms with Gasteiger partial charge in [0, 0.05) is 16.8 Å². The van der Waals surface area contributed by atoms with Crippen LogP contribution < -0.4 is 5.32 Å². The lowest BCUT2D eigenvalue weighted by Gasteiger charge is -2.18. The maximum atomic E-state index is 12.2. The van der Waals surface area contributed by atoms with Crippen molar-refractivity contribution in [2.45, 2.75) is 0 Å². The molecule has 0 unspecified atom stereocenters. The van der Waals surface area contributed by atoms with Gasteiger partial charge in [0.05, 0.1) is 5.56 Å². The summed E-state index contributed by atoms with van der Waals surface area (Å²) in [4.78, 5) is 35.3. The second-order valence-corrected chi connectivity index (χ2v) is 4.94. The molecule has 0 atom stereocenters. The molecule has 0 radical (unpaired) electrons. The summed E-state index contributed by atoms with van der Waals surface area (Å²) in [5.74, 6) is -3.06. The van der Waals surface area contributed by atoms with Gasteiger partial charge >= 0.3 is 5.97 Å². The van der Waals surface area contributed by atoms with Crippen LogP contribution in [0.3, 0.4) is 0 Å². The molecule has 0 saturated heterocycles. The maximum absolute atomic E-state index is 12.2. The molecule has 0 heterocycles. The maximum Gasteiger partial charge on any atom is 0.335 e. The van der Waals surface area contributed by atoms with E-state index in [9.17, 15) is 19.5 Å². The van der Waals surface area contributed by atoms with Crippen molar-refractivity contribution in [2.75, 3.05) is 5.32 Å². The predicted molar refractivity (Wildman–Crippen MR) is 82.4 cm³/mol. The molecule has 1 aliphatic carbocycles. The van der Waals surface area contributed by atoms with E-state index in [-0.39, 0.29) is 33.8 Å². The van der Waals surface area contributed by atoms with Crippen LogP contribution in [-0.2, 0) is 4.79 Å². The van der Waals surface area contributed by atoms with Gasteiger partial charge < -0.3 is 15.5 Å². The number of Topliss-reactive ketones (excluding diaryl/α,β-unsaturated/α-hetero) is 2. The normalized spacial score (nSPS) is 13.7. The molecule has 3 N–H and O–H groups in total. The lowest BCUT2D eigenvalue weighted by molar-refractivity contribution is -0.111. The average Bonchev–Trinajstić information content (AvgIpc) is 2.57. The number of benzene rings is 2. The topological polar surface area (TPSA) is 104 Å². The SMILES string of the molecule is O=C1C(=O)c2ccccc2C(O)=C1Nc1cccc(C(=O)O)c1. The fourth-order valence-corrected chi connectivity index (χ4v) is 2.36. The third kappa shape index (κ3) is 2.46. The monoisotopic (exact) mass is 309 g/mol. The molecule has 6 nitrogen and oxygen atoms in total. The van der Waals surface area contributed by atoms with Gasteiger partial charge in [-0.15, -0.1) is 0 Å². The number of hydrogen-bond acceptors (Lipinski definition) is 5. The van der Waals surface area contributed by atoms with E-state index in [0.29, 0.717) is 0 Å². The summed E-state index contributed by atoms with van der Waals surface area (Å²) in [5.41, 5.74) is 0.433. The summed E-state index contributed by atoms with van der Waals surface area (Å²) in [6.45, 7) is 0. The van der Waals surface area contributed by atoms with E-state index in [0.717, 1.165) is 0 Å². The number of anilines is 1. The highest BCUT2D eigenvalue weighted by Crippen LogP contribution is 2.28. The number of aromatic carboxylic acids is 1. The van der Waals surface area contributed by atoms with Crippen LogP contribution in [0.2, 0.25) is 0 Å². The van der Waals surface area contributed by atoms with Crippen LogP contribution in [0.25, 0.3) is 5.76 Å². The first-order valence-electron chi connectivity index (χ1n) is 6.71. The minimum atomic E-state index is -1.12. The smallest absolute Gasteiger partial charge is 0.335 e. The molecule has 2 aromatic rings. The van der Waals surface area contributed by atoms with Gasteiger partial charge in [-0.2, -0.15) is 0 Å². The van der Waals surface area contributed by atoms with E-state index < -0.39 is 17.5 Å². The Morgan fingerprint density at radius 1 is 0.913 bits per heavy atom. The summed E-state index contributed by atoms with van der Waals surface area (Å²) < 4.78 is 0. The van der Waals surface area contributed by atoms with Crippen LogP contribution in [0, 0.1) is 0 Å². The molecule has 23 heavy (non-hydrogen) atoms. The Labute approximate surface area is 130 Å². The van der Waals surface area contributed by atoms with Crippen LogP contribution in [0.15, 0.2) is 54.2 Å². The molecule has 0 spiro atoms. The minimum absolute atomic E-state index is 0.0186. The number of rotatable bonds is 3. The predicted octanol–water partition coefficient (Wildman–Crippen LogP) is 2.49. The first-order valence-corrected chi connectivity index (χ1v) is 6.71. The summed E-state index contributed by atoms with van der Waals surface area (Å²) in [6.07, 6.45) is 0. The van der Waals surface area contributed by atoms with Crippen molar-refractivity contribution in [3.63, 3.8) is 0 Å². The van der Waals surface area contributed by atoms with E-state index in [2.05, 4.69) is 5.32 Å². The molecular weight excluding hydrogens is 298 g/mol. The summed E-state index contributed by atoms with van der Waals surface area (Å²) in [5, 5.41) is 21.9. The number of carboxylic acids is 1. The first kappa shape index (κ1) is 14.5. The molecule has 6 heteroatoms. The quantitative estimate of drug-likeness (QED) is 0.753.